The molecular weight excluding hydrogens is 390 g/mol. The summed E-state index contributed by atoms with van der Waals surface area (Å²) in [6.45, 7) is 0.239. The molecular formula is C21H21N3O4S. The first-order valence-corrected chi connectivity index (χ1v) is 9.90. The number of benzene rings is 2. The highest BCUT2D eigenvalue weighted by Gasteiger charge is 2.13. The molecule has 7 nitrogen and oxygen atoms in total. The first-order chi connectivity index (χ1) is 14.2. The van der Waals surface area contributed by atoms with Gasteiger partial charge in [-0.05, 0) is 30.5 Å². The zero-order chi connectivity index (χ0) is 20.5. The van der Waals surface area contributed by atoms with Crippen LogP contribution >= 0.6 is 11.3 Å². The van der Waals surface area contributed by atoms with Crippen LogP contribution in [0.15, 0.2) is 60.0 Å². The third kappa shape index (κ3) is 6.05. The molecule has 2 aromatic carbocycles. The number of thiazole rings is 1. The minimum Gasteiger partial charge on any atom is -0.497 e. The summed E-state index contributed by atoms with van der Waals surface area (Å²) in [6.07, 6.45) is 0.719. The topological polar surface area (TPSA) is 89.5 Å². The van der Waals surface area contributed by atoms with E-state index in [9.17, 15) is 9.59 Å². The summed E-state index contributed by atoms with van der Waals surface area (Å²) in [5.74, 6) is 0.301. The van der Waals surface area contributed by atoms with Crippen LogP contribution in [0.25, 0.3) is 10.6 Å². The lowest BCUT2D eigenvalue weighted by Crippen LogP contribution is -2.42. The second kappa shape index (κ2) is 10.2. The molecule has 1 aromatic heterocycles. The van der Waals surface area contributed by atoms with Crippen molar-refractivity contribution >= 4 is 23.3 Å². The van der Waals surface area contributed by atoms with Crippen LogP contribution in [0.5, 0.6) is 5.75 Å². The molecule has 0 spiro atoms. The van der Waals surface area contributed by atoms with E-state index in [1.165, 1.54) is 11.3 Å². The molecule has 1 heterocycles. The predicted octanol–water partition coefficient (Wildman–Crippen LogP) is 3.82. The third-order valence-corrected chi connectivity index (χ3v) is 4.93. The molecule has 0 unspecified atom stereocenters. The van der Waals surface area contributed by atoms with Gasteiger partial charge in [-0.15, -0.1) is 11.3 Å². The van der Waals surface area contributed by atoms with Crippen LogP contribution in [0.2, 0.25) is 0 Å². The van der Waals surface area contributed by atoms with Crippen LogP contribution in [0.4, 0.5) is 4.79 Å². The van der Waals surface area contributed by atoms with Gasteiger partial charge in [-0.1, -0.05) is 42.5 Å². The van der Waals surface area contributed by atoms with Gasteiger partial charge >= 0.3 is 6.09 Å². The van der Waals surface area contributed by atoms with Gasteiger partial charge in [-0.2, -0.15) is 0 Å². The van der Waals surface area contributed by atoms with Crippen LogP contribution < -0.4 is 15.6 Å². The Balaban J connectivity index is 1.36. The molecule has 0 atom stereocenters. The van der Waals surface area contributed by atoms with Gasteiger partial charge < -0.3 is 9.47 Å². The highest BCUT2D eigenvalue weighted by atomic mass is 32.1. The molecule has 29 heavy (non-hydrogen) atoms. The molecule has 0 bridgehead atoms. The smallest absolute Gasteiger partial charge is 0.426 e. The Hall–Kier alpha value is -3.39. The van der Waals surface area contributed by atoms with Crippen molar-refractivity contribution in [2.24, 2.45) is 0 Å². The predicted molar refractivity (Wildman–Crippen MR) is 111 cm³/mol. The number of aryl methyl sites for hydroxylation is 1. The zero-order valence-corrected chi connectivity index (χ0v) is 16.7. The highest BCUT2D eigenvalue weighted by Crippen LogP contribution is 2.23. The quantitative estimate of drug-likeness (QED) is 0.456. The Bertz CT molecular complexity index is 942. The molecule has 150 valence electrons. The number of hydrazine groups is 1. The minimum atomic E-state index is -0.716. The first kappa shape index (κ1) is 20.3. The molecule has 8 heteroatoms. The number of carbonyl (C=O) groups excluding carboxylic acids is 2. The zero-order valence-electron chi connectivity index (χ0n) is 15.9. The molecule has 0 saturated heterocycles. The number of nitrogens with zero attached hydrogens (tertiary/aromatic N) is 1. The highest BCUT2D eigenvalue weighted by molar-refractivity contribution is 7.13. The summed E-state index contributed by atoms with van der Waals surface area (Å²) in [5, 5.41) is 2.37. The molecule has 2 N–H and O–H groups in total. The fourth-order valence-corrected chi connectivity index (χ4v) is 3.34. The third-order valence-electron chi connectivity index (χ3n) is 4.04. The Kier molecular flexibility index (Phi) is 7.18. The summed E-state index contributed by atoms with van der Waals surface area (Å²) in [5.41, 5.74) is 6.82. The van der Waals surface area contributed by atoms with Crippen molar-refractivity contribution in [1.29, 1.82) is 0 Å². The largest absolute Gasteiger partial charge is 0.497 e. The summed E-state index contributed by atoms with van der Waals surface area (Å²) >= 11 is 1.36. The average Bonchev–Trinajstić information content (AvgIpc) is 3.26. The lowest BCUT2D eigenvalue weighted by atomic mass is 10.1. The van der Waals surface area contributed by atoms with Crippen LogP contribution in [-0.4, -0.2) is 30.7 Å². The number of ether oxygens (including phenoxy) is 2. The van der Waals surface area contributed by atoms with E-state index in [0.717, 1.165) is 28.3 Å². The van der Waals surface area contributed by atoms with Gasteiger partial charge in [0.2, 0.25) is 0 Å². The van der Waals surface area contributed by atoms with E-state index in [1.54, 1.807) is 12.5 Å². The number of aromatic nitrogens is 1. The van der Waals surface area contributed by atoms with Crippen LogP contribution in [-0.2, 0) is 11.2 Å². The molecule has 0 aliphatic rings. The Morgan fingerprint density at radius 2 is 1.79 bits per heavy atom. The van der Waals surface area contributed by atoms with Gasteiger partial charge in [0.05, 0.1) is 13.7 Å². The van der Waals surface area contributed by atoms with Crippen LogP contribution in [0, 0.1) is 0 Å². The maximum Gasteiger partial charge on any atom is 0.426 e. The van der Waals surface area contributed by atoms with Crippen molar-refractivity contribution in [2.45, 2.75) is 12.8 Å². The van der Waals surface area contributed by atoms with Gasteiger partial charge in [0, 0.05) is 10.9 Å². The van der Waals surface area contributed by atoms with Crippen LogP contribution in [0.3, 0.4) is 0 Å². The summed E-state index contributed by atoms with van der Waals surface area (Å²) in [7, 11) is 1.62. The number of hydrogen-bond donors (Lipinski definition) is 2. The monoisotopic (exact) mass is 411 g/mol. The van der Waals surface area contributed by atoms with Crippen molar-refractivity contribution in [3.05, 3.63) is 71.2 Å². The second-order valence-corrected chi connectivity index (χ2v) is 6.93. The maximum absolute atomic E-state index is 12.1. The van der Waals surface area contributed by atoms with Crippen molar-refractivity contribution in [1.82, 2.24) is 15.8 Å². The number of methoxy groups -OCH3 is 1. The van der Waals surface area contributed by atoms with E-state index in [2.05, 4.69) is 15.8 Å². The fourth-order valence-electron chi connectivity index (χ4n) is 2.53. The van der Waals surface area contributed by atoms with Crippen molar-refractivity contribution in [3.63, 3.8) is 0 Å². The first-order valence-electron chi connectivity index (χ1n) is 9.02. The van der Waals surface area contributed by atoms with E-state index in [1.807, 2.05) is 54.6 Å². The van der Waals surface area contributed by atoms with Gasteiger partial charge in [0.1, 0.15) is 16.5 Å². The molecule has 3 aromatic rings. The molecule has 0 saturated carbocycles. The Labute approximate surface area is 172 Å². The SMILES string of the molecule is COc1ccc(CCCOC(=O)NNC(=O)c2csc(-c3ccccc3)n2)cc1. The summed E-state index contributed by atoms with van der Waals surface area (Å²) in [6, 6.07) is 17.3. The van der Waals surface area contributed by atoms with Crippen LogP contribution in [0.1, 0.15) is 22.5 Å². The lowest BCUT2D eigenvalue weighted by molar-refractivity contribution is 0.0905. The molecule has 0 fully saturated rings. The van der Waals surface area contributed by atoms with E-state index in [-0.39, 0.29) is 12.3 Å². The lowest BCUT2D eigenvalue weighted by Gasteiger charge is -2.08. The van der Waals surface area contributed by atoms with Gasteiger partial charge in [-0.3, -0.25) is 10.2 Å². The Morgan fingerprint density at radius 1 is 1.03 bits per heavy atom. The van der Waals surface area contributed by atoms with Gasteiger partial charge in [-0.25, -0.2) is 15.2 Å². The van der Waals surface area contributed by atoms with Gasteiger partial charge in [0.25, 0.3) is 5.91 Å². The molecule has 3 rings (SSSR count). The molecule has 0 radical (unpaired) electrons. The van der Waals surface area contributed by atoms with E-state index < -0.39 is 12.0 Å². The maximum atomic E-state index is 12.1. The number of rotatable bonds is 7. The number of carbonyl (C=O) groups is 2. The number of amides is 2. The van der Waals surface area contributed by atoms with Crippen molar-refractivity contribution in [2.75, 3.05) is 13.7 Å². The number of nitrogens with one attached hydrogen (secondary N) is 2. The number of hydrogen-bond acceptors (Lipinski definition) is 6. The molecule has 2 amide bonds. The normalized spacial score (nSPS) is 10.2. The standard InChI is InChI=1S/C21H21N3O4S/c1-27-17-11-9-15(10-12-17)6-5-13-28-21(26)24-23-19(25)18-14-29-20(22-18)16-7-3-2-4-8-16/h2-4,7-12,14H,5-6,13H2,1H3,(H,23,25)(H,24,26). The molecule has 0 aliphatic carbocycles. The van der Waals surface area contributed by atoms with E-state index in [0.29, 0.717) is 6.42 Å². The van der Waals surface area contributed by atoms with Crippen molar-refractivity contribution in [3.8, 4) is 16.3 Å². The fraction of sp³-hybridized carbons (Fsp3) is 0.190. The minimum absolute atomic E-state index is 0.230. The molecule has 0 aliphatic heterocycles. The average molecular weight is 411 g/mol. The van der Waals surface area contributed by atoms with E-state index >= 15 is 0 Å². The summed E-state index contributed by atoms with van der Waals surface area (Å²) in [4.78, 5) is 28.1. The van der Waals surface area contributed by atoms with E-state index in [4.69, 9.17) is 9.47 Å². The Morgan fingerprint density at radius 3 is 2.52 bits per heavy atom. The second-order valence-electron chi connectivity index (χ2n) is 6.07. The van der Waals surface area contributed by atoms with Crippen molar-refractivity contribution < 1.29 is 19.1 Å². The summed E-state index contributed by atoms with van der Waals surface area (Å²) < 4.78 is 10.2. The van der Waals surface area contributed by atoms with Gasteiger partial charge in [0.15, 0.2) is 0 Å².